The standard InChI is InChI=1S/C20H31NO3/c1-3-21-15-14-16(2)24-19(22)20(23,17-10-6-4-7-11-17)18-12-8-5-9-13-18/h4,6-7,10-11,16,18,21,23H,3,5,8-9,12-15H2,1-2H3. The van der Waals surface area contributed by atoms with Crippen LogP contribution in [0.3, 0.4) is 0 Å². The highest BCUT2D eigenvalue weighted by atomic mass is 16.6. The number of carbonyl (C=O) groups excluding carboxylic acids is 1. The molecular formula is C20H31NO3. The van der Waals surface area contributed by atoms with Gasteiger partial charge in [-0.25, -0.2) is 4.79 Å². The quantitative estimate of drug-likeness (QED) is 0.565. The van der Waals surface area contributed by atoms with Gasteiger partial charge in [-0.1, -0.05) is 56.5 Å². The molecule has 0 saturated heterocycles. The van der Waals surface area contributed by atoms with Gasteiger partial charge in [0.1, 0.15) is 6.10 Å². The van der Waals surface area contributed by atoms with Crippen LogP contribution in [0.1, 0.15) is 57.9 Å². The molecule has 0 bridgehead atoms. The minimum absolute atomic E-state index is 0.0675. The Hall–Kier alpha value is -1.39. The van der Waals surface area contributed by atoms with Gasteiger partial charge in [0.05, 0.1) is 0 Å². The third-order valence-electron chi connectivity index (χ3n) is 5.01. The number of carbonyl (C=O) groups is 1. The summed E-state index contributed by atoms with van der Waals surface area (Å²) in [5.41, 5.74) is -0.880. The van der Waals surface area contributed by atoms with Gasteiger partial charge in [0.15, 0.2) is 5.60 Å². The van der Waals surface area contributed by atoms with Crippen LogP contribution >= 0.6 is 0 Å². The molecule has 1 saturated carbocycles. The van der Waals surface area contributed by atoms with Crippen LogP contribution in [-0.4, -0.2) is 30.3 Å². The van der Waals surface area contributed by atoms with Crippen molar-refractivity contribution in [2.75, 3.05) is 13.1 Å². The van der Waals surface area contributed by atoms with Crippen LogP contribution in [0.15, 0.2) is 30.3 Å². The van der Waals surface area contributed by atoms with Crippen LogP contribution in [0, 0.1) is 5.92 Å². The highest BCUT2D eigenvalue weighted by Crippen LogP contribution is 2.40. The van der Waals surface area contributed by atoms with Crippen molar-refractivity contribution in [2.24, 2.45) is 5.92 Å². The Bertz CT molecular complexity index is 499. The number of hydrogen-bond acceptors (Lipinski definition) is 4. The van der Waals surface area contributed by atoms with Crippen molar-refractivity contribution in [1.82, 2.24) is 5.32 Å². The van der Waals surface area contributed by atoms with Crippen molar-refractivity contribution < 1.29 is 14.6 Å². The first-order valence-electron chi connectivity index (χ1n) is 9.28. The van der Waals surface area contributed by atoms with Gasteiger partial charge in [0.25, 0.3) is 0 Å². The molecular weight excluding hydrogens is 302 g/mol. The zero-order chi connectivity index (χ0) is 17.4. The minimum atomic E-state index is -1.53. The summed E-state index contributed by atoms with van der Waals surface area (Å²) in [5, 5.41) is 14.6. The van der Waals surface area contributed by atoms with Gasteiger partial charge < -0.3 is 15.2 Å². The van der Waals surface area contributed by atoms with Crippen molar-refractivity contribution in [3.63, 3.8) is 0 Å². The van der Waals surface area contributed by atoms with Crippen molar-refractivity contribution >= 4 is 5.97 Å². The van der Waals surface area contributed by atoms with E-state index in [1.807, 2.05) is 44.2 Å². The molecule has 1 aliphatic rings. The van der Waals surface area contributed by atoms with Gasteiger partial charge in [-0.05, 0) is 44.8 Å². The maximum atomic E-state index is 12.9. The fraction of sp³-hybridized carbons (Fsp3) is 0.650. The Balaban J connectivity index is 2.14. The lowest BCUT2D eigenvalue weighted by atomic mass is 9.73. The monoisotopic (exact) mass is 333 g/mol. The number of nitrogens with one attached hydrogen (secondary N) is 1. The van der Waals surface area contributed by atoms with Crippen molar-refractivity contribution in [1.29, 1.82) is 0 Å². The number of benzene rings is 1. The van der Waals surface area contributed by atoms with Crippen molar-refractivity contribution in [2.45, 2.75) is 64.1 Å². The molecule has 0 aliphatic heterocycles. The SMILES string of the molecule is CCNCCC(C)OC(=O)C(O)(c1ccccc1)C1CCCCC1. The summed E-state index contributed by atoms with van der Waals surface area (Å²) in [6, 6.07) is 9.30. The average molecular weight is 333 g/mol. The molecule has 0 aromatic heterocycles. The summed E-state index contributed by atoms with van der Waals surface area (Å²) in [5.74, 6) is -0.563. The van der Waals surface area contributed by atoms with Crippen LogP contribution < -0.4 is 5.32 Å². The average Bonchev–Trinajstić information content (AvgIpc) is 2.62. The van der Waals surface area contributed by atoms with Gasteiger partial charge in [-0.2, -0.15) is 0 Å². The van der Waals surface area contributed by atoms with Crippen molar-refractivity contribution in [3.8, 4) is 0 Å². The highest BCUT2D eigenvalue weighted by molar-refractivity contribution is 5.81. The molecule has 0 heterocycles. The lowest BCUT2D eigenvalue weighted by Crippen LogP contribution is -2.46. The fourth-order valence-electron chi connectivity index (χ4n) is 3.55. The largest absolute Gasteiger partial charge is 0.460 e. The lowest BCUT2D eigenvalue weighted by molar-refractivity contribution is -0.180. The number of rotatable bonds is 8. The maximum Gasteiger partial charge on any atom is 0.343 e. The summed E-state index contributed by atoms with van der Waals surface area (Å²) in [7, 11) is 0. The third-order valence-corrected chi connectivity index (χ3v) is 5.01. The Kier molecular flexibility index (Phi) is 7.25. The number of hydrogen-bond donors (Lipinski definition) is 2. The third kappa shape index (κ3) is 4.58. The summed E-state index contributed by atoms with van der Waals surface area (Å²) in [6.07, 6.45) is 5.56. The second kappa shape index (κ2) is 9.19. The molecule has 0 spiro atoms. The van der Waals surface area contributed by atoms with Gasteiger partial charge in [0.2, 0.25) is 0 Å². The van der Waals surface area contributed by atoms with E-state index in [9.17, 15) is 9.90 Å². The van der Waals surface area contributed by atoms with Crippen LogP contribution in [-0.2, 0) is 15.1 Å². The smallest absolute Gasteiger partial charge is 0.343 e. The van der Waals surface area contributed by atoms with Crippen LogP contribution in [0.5, 0.6) is 0 Å². The topological polar surface area (TPSA) is 58.6 Å². The van der Waals surface area contributed by atoms with E-state index >= 15 is 0 Å². The van der Waals surface area contributed by atoms with E-state index in [2.05, 4.69) is 5.32 Å². The second-order valence-corrected chi connectivity index (χ2v) is 6.83. The first-order chi connectivity index (χ1) is 11.6. The molecule has 4 nitrogen and oxygen atoms in total. The predicted octanol–water partition coefficient (Wildman–Crippen LogP) is 3.39. The van der Waals surface area contributed by atoms with E-state index in [0.29, 0.717) is 5.56 Å². The van der Waals surface area contributed by atoms with Crippen LogP contribution in [0.25, 0.3) is 0 Å². The molecule has 2 atom stereocenters. The molecule has 134 valence electrons. The molecule has 0 amide bonds. The molecule has 2 N–H and O–H groups in total. The van der Waals surface area contributed by atoms with E-state index in [1.165, 1.54) is 6.42 Å². The number of aliphatic hydroxyl groups is 1. The van der Waals surface area contributed by atoms with Crippen LogP contribution in [0.2, 0.25) is 0 Å². The molecule has 0 radical (unpaired) electrons. The summed E-state index contributed by atoms with van der Waals surface area (Å²) in [6.45, 7) is 5.64. The zero-order valence-electron chi connectivity index (χ0n) is 15.0. The Morgan fingerprint density at radius 3 is 2.58 bits per heavy atom. The maximum absolute atomic E-state index is 12.9. The summed E-state index contributed by atoms with van der Waals surface area (Å²) in [4.78, 5) is 12.9. The predicted molar refractivity (Wildman–Crippen MR) is 95.6 cm³/mol. The Morgan fingerprint density at radius 1 is 1.29 bits per heavy atom. The second-order valence-electron chi connectivity index (χ2n) is 6.83. The normalized spacial score (nSPS) is 19.5. The molecule has 24 heavy (non-hydrogen) atoms. The van der Waals surface area contributed by atoms with E-state index < -0.39 is 11.6 Å². The lowest BCUT2D eigenvalue weighted by Gasteiger charge is -2.37. The van der Waals surface area contributed by atoms with Gasteiger partial charge in [-0.3, -0.25) is 0 Å². The molecule has 1 aliphatic carbocycles. The van der Waals surface area contributed by atoms with E-state index in [1.54, 1.807) is 0 Å². The van der Waals surface area contributed by atoms with Crippen molar-refractivity contribution in [3.05, 3.63) is 35.9 Å². The van der Waals surface area contributed by atoms with Gasteiger partial charge >= 0.3 is 5.97 Å². The zero-order valence-corrected chi connectivity index (χ0v) is 15.0. The van der Waals surface area contributed by atoms with E-state index in [-0.39, 0.29) is 12.0 Å². The van der Waals surface area contributed by atoms with E-state index in [0.717, 1.165) is 45.2 Å². The van der Waals surface area contributed by atoms with Gasteiger partial charge in [-0.15, -0.1) is 0 Å². The molecule has 1 aromatic rings. The first kappa shape index (κ1) is 18.9. The molecule has 2 rings (SSSR count). The molecule has 1 aromatic carbocycles. The Morgan fingerprint density at radius 2 is 1.96 bits per heavy atom. The van der Waals surface area contributed by atoms with Gasteiger partial charge in [0, 0.05) is 5.92 Å². The first-order valence-corrected chi connectivity index (χ1v) is 9.28. The number of ether oxygens (including phenoxy) is 1. The Labute approximate surface area is 145 Å². The summed E-state index contributed by atoms with van der Waals surface area (Å²) >= 11 is 0. The summed E-state index contributed by atoms with van der Waals surface area (Å²) < 4.78 is 5.64. The minimum Gasteiger partial charge on any atom is -0.460 e. The molecule has 2 unspecified atom stereocenters. The van der Waals surface area contributed by atoms with E-state index in [4.69, 9.17) is 4.74 Å². The molecule has 1 fully saturated rings. The number of esters is 1. The highest BCUT2D eigenvalue weighted by Gasteiger charge is 2.47. The fourth-order valence-corrected chi connectivity index (χ4v) is 3.55. The molecule has 4 heteroatoms. The van der Waals surface area contributed by atoms with Crippen LogP contribution in [0.4, 0.5) is 0 Å².